The topological polar surface area (TPSA) is 41.1 Å². The van der Waals surface area contributed by atoms with Crippen molar-refractivity contribution in [1.29, 1.82) is 0 Å². The Morgan fingerprint density at radius 1 is 1.59 bits per heavy atom. The van der Waals surface area contributed by atoms with Crippen LogP contribution in [0.3, 0.4) is 0 Å². The zero-order valence-corrected chi connectivity index (χ0v) is 11.3. The number of amides is 1. The van der Waals surface area contributed by atoms with Gasteiger partial charge in [-0.25, -0.2) is 0 Å². The van der Waals surface area contributed by atoms with E-state index in [4.69, 9.17) is 0 Å². The second-order valence-corrected chi connectivity index (χ2v) is 5.85. The first kappa shape index (κ1) is 12.6. The lowest BCUT2D eigenvalue weighted by Gasteiger charge is -2.24. The van der Waals surface area contributed by atoms with E-state index in [-0.39, 0.29) is 11.9 Å². The molecule has 1 aromatic heterocycles. The monoisotopic (exact) mass is 252 g/mol. The zero-order valence-electron chi connectivity index (χ0n) is 10.5. The van der Waals surface area contributed by atoms with E-state index in [0.717, 1.165) is 6.42 Å². The fraction of sp³-hybridized carbons (Fsp3) is 0.615. The van der Waals surface area contributed by atoms with Crippen LogP contribution in [-0.4, -0.2) is 18.5 Å². The molecule has 1 aliphatic rings. The van der Waals surface area contributed by atoms with Crippen LogP contribution in [0.15, 0.2) is 11.4 Å². The number of aryl methyl sites for hydroxylation is 1. The van der Waals surface area contributed by atoms with E-state index in [9.17, 15) is 4.79 Å². The van der Waals surface area contributed by atoms with Gasteiger partial charge in [-0.3, -0.25) is 4.79 Å². The molecule has 3 nitrogen and oxygen atoms in total. The molecular weight excluding hydrogens is 232 g/mol. The highest BCUT2D eigenvalue weighted by atomic mass is 32.1. The summed E-state index contributed by atoms with van der Waals surface area (Å²) in [4.78, 5) is 13.2. The quantitative estimate of drug-likeness (QED) is 0.863. The highest BCUT2D eigenvalue weighted by Gasteiger charge is 2.22. The number of nitrogens with one attached hydrogen (secondary N) is 2. The largest absolute Gasteiger partial charge is 0.348 e. The molecule has 1 atom stereocenters. The summed E-state index contributed by atoms with van der Waals surface area (Å²) in [6.45, 7) is 4.50. The van der Waals surface area contributed by atoms with E-state index in [2.05, 4.69) is 22.1 Å². The molecule has 1 aliphatic carbocycles. The van der Waals surface area contributed by atoms with Crippen LogP contribution >= 0.6 is 11.3 Å². The van der Waals surface area contributed by atoms with Gasteiger partial charge in [0.1, 0.15) is 0 Å². The van der Waals surface area contributed by atoms with Crippen LogP contribution in [-0.2, 0) is 11.2 Å². The van der Waals surface area contributed by atoms with Crippen LogP contribution in [0.25, 0.3) is 0 Å². The number of carbonyl (C=O) groups is 1. The van der Waals surface area contributed by atoms with Crippen LogP contribution in [0, 0.1) is 0 Å². The molecule has 0 fully saturated rings. The van der Waals surface area contributed by atoms with Gasteiger partial charge in [0.15, 0.2) is 0 Å². The fourth-order valence-electron chi connectivity index (χ4n) is 2.18. The van der Waals surface area contributed by atoms with Crippen LogP contribution < -0.4 is 10.6 Å². The standard InChI is InChI=1S/C13H20N2OS/c1-9(2)14-8-13(16)15-11-4-3-5-12-10(11)6-7-17-12/h6-7,9,11,14H,3-5,8H2,1-2H3,(H,15,16). The first-order valence-corrected chi connectivity index (χ1v) is 7.14. The summed E-state index contributed by atoms with van der Waals surface area (Å²) in [6, 6.07) is 2.73. The third kappa shape index (κ3) is 3.30. The maximum atomic E-state index is 11.8. The van der Waals surface area contributed by atoms with Crippen molar-refractivity contribution in [1.82, 2.24) is 10.6 Å². The molecule has 1 unspecified atom stereocenters. The fourth-order valence-corrected chi connectivity index (χ4v) is 3.17. The van der Waals surface area contributed by atoms with Crippen LogP contribution in [0.1, 0.15) is 43.2 Å². The Bertz CT molecular complexity index is 387. The van der Waals surface area contributed by atoms with Gasteiger partial charge in [-0.15, -0.1) is 11.3 Å². The number of carbonyl (C=O) groups excluding carboxylic acids is 1. The van der Waals surface area contributed by atoms with Gasteiger partial charge in [-0.2, -0.15) is 0 Å². The highest BCUT2D eigenvalue weighted by Crippen LogP contribution is 2.32. The van der Waals surface area contributed by atoms with Crippen molar-refractivity contribution in [3.8, 4) is 0 Å². The van der Waals surface area contributed by atoms with Crippen LogP contribution in [0.4, 0.5) is 0 Å². The van der Waals surface area contributed by atoms with Crippen molar-refractivity contribution in [3.63, 3.8) is 0 Å². The van der Waals surface area contributed by atoms with Crippen molar-refractivity contribution < 1.29 is 4.79 Å². The van der Waals surface area contributed by atoms with Gasteiger partial charge in [0, 0.05) is 10.9 Å². The second-order valence-electron chi connectivity index (χ2n) is 4.85. The molecular formula is C13H20N2OS. The zero-order chi connectivity index (χ0) is 12.3. The molecule has 4 heteroatoms. The molecule has 0 spiro atoms. The van der Waals surface area contributed by atoms with E-state index >= 15 is 0 Å². The van der Waals surface area contributed by atoms with Crippen molar-refractivity contribution in [2.75, 3.05) is 6.54 Å². The third-order valence-corrected chi connectivity index (χ3v) is 4.05. The van der Waals surface area contributed by atoms with Crippen molar-refractivity contribution in [3.05, 3.63) is 21.9 Å². The summed E-state index contributed by atoms with van der Waals surface area (Å²) < 4.78 is 0. The minimum atomic E-state index is 0.0998. The van der Waals surface area contributed by atoms with Gasteiger partial charge in [0.25, 0.3) is 0 Å². The number of hydrogen-bond donors (Lipinski definition) is 2. The number of rotatable bonds is 4. The summed E-state index contributed by atoms with van der Waals surface area (Å²) in [7, 11) is 0. The Kier molecular flexibility index (Phi) is 4.18. The molecule has 1 aromatic rings. The Morgan fingerprint density at radius 3 is 3.18 bits per heavy atom. The predicted octanol–water partition coefficient (Wildman–Crippen LogP) is 2.24. The van der Waals surface area contributed by atoms with Crippen molar-refractivity contribution in [2.45, 2.75) is 45.2 Å². The van der Waals surface area contributed by atoms with Crippen LogP contribution in [0.5, 0.6) is 0 Å². The summed E-state index contributed by atoms with van der Waals surface area (Å²) in [5.41, 5.74) is 1.33. The molecule has 17 heavy (non-hydrogen) atoms. The minimum absolute atomic E-state index is 0.0998. The van der Waals surface area contributed by atoms with Gasteiger partial charge < -0.3 is 10.6 Å². The molecule has 1 amide bonds. The molecule has 0 aromatic carbocycles. The van der Waals surface area contributed by atoms with Gasteiger partial charge in [-0.05, 0) is 36.3 Å². The van der Waals surface area contributed by atoms with E-state index in [1.54, 1.807) is 0 Å². The lowest BCUT2D eigenvalue weighted by atomic mass is 9.94. The summed E-state index contributed by atoms with van der Waals surface area (Å²) in [6.07, 6.45) is 3.41. The van der Waals surface area contributed by atoms with E-state index < -0.39 is 0 Å². The van der Waals surface area contributed by atoms with Gasteiger partial charge in [0.2, 0.25) is 5.91 Å². The van der Waals surface area contributed by atoms with Gasteiger partial charge >= 0.3 is 0 Å². The minimum Gasteiger partial charge on any atom is -0.348 e. The van der Waals surface area contributed by atoms with Crippen molar-refractivity contribution >= 4 is 17.2 Å². The maximum Gasteiger partial charge on any atom is 0.234 e. The average Bonchev–Trinajstić information content (AvgIpc) is 2.75. The lowest BCUT2D eigenvalue weighted by Crippen LogP contribution is -2.39. The van der Waals surface area contributed by atoms with E-state index in [0.29, 0.717) is 12.6 Å². The number of hydrogen-bond acceptors (Lipinski definition) is 3. The molecule has 0 bridgehead atoms. The van der Waals surface area contributed by atoms with Crippen molar-refractivity contribution in [2.24, 2.45) is 0 Å². The van der Waals surface area contributed by atoms with Gasteiger partial charge in [-0.1, -0.05) is 13.8 Å². The van der Waals surface area contributed by atoms with E-state index in [1.165, 1.54) is 23.3 Å². The lowest BCUT2D eigenvalue weighted by molar-refractivity contribution is -0.121. The molecule has 2 rings (SSSR count). The highest BCUT2D eigenvalue weighted by molar-refractivity contribution is 7.10. The Balaban J connectivity index is 1.90. The third-order valence-electron chi connectivity index (χ3n) is 3.06. The SMILES string of the molecule is CC(C)NCC(=O)NC1CCCc2sccc21. The molecule has 0 saturated heterocycles. The van der Waals surface area contributed by atoms with Gasteiger partial charge in [0.05, 0.1) is 12.6 Å². The maximum absolute atomic E-state index is 11.8. The van der Waals surface area contributed by atoms with Crippen LogP contribution in [0.2, 0.25) is 0 Å². The Morgan fingerprint density at radius 2 is 2.41 bits per heavy atom. The summed E-state index contributed by atoms with van der Waals surface area (Å²) in [5.74, 6) is 0.0998. The summed E-state index contributed by atoms with van der Waals surface area (Å²) >= 11 is 1.81. The molecule has 94 valence electrons. The molecule has 0 aliphatic heterocycles. The molecule has 2 N–H and O–H groups in total. The van der Waals surface area contributed by atoms with E-state index in [1.807, 2.05) is 25.2 Å². The normalized spacial score (nSPS) is 19.1. The first-order chi connectivity index (χ1) is 8.16. The molecule has 0 radical (unpaired) electrons. The number of thiophene rings is 1. The molecule has 0 saturated carbocycles. The second kappa shape index (κ2) is 5.65. The average molecular weight is 252 g/mol. The first-order valence-electron chi connectivity index (χ1n) is 6.26. The number of fused-ring (bicyclic) bond motifs is 1. The Hall–Kier alpha value is -0.870. The molecule has 1 heterocycles. The Labute approximate surface area is 107 Å². The summed E-state index contributed by atoms with van der Waals surface area (Å²) in [5, 5.41) is 8.39. The predicted molar refractivity (Wildman–Crippen MR) is 71.3 cm³/mol. The smallest absolute Gasteiger partial charge is 0.234 e.